The third kappa shape index (κ3) is 18.8. The summed E-state index contributed by atoms with van der Waals surface area (Å²) in [7, 11) is 0. The number of imidazole rings is 2. The molecule has 0 saturated heterocycles. The number of nitrogens with zero attached hydrogens (tertiary/aromatic N) is 2. The summed E-state index contributed by atoms with van der Waals surface area (Å²) in [6, 6.07) is 15.5. The quantitative estimate of drug-likeness (QED) is 0.0731. The van der Waals surface area contributed by atoms with Crippen LogP contribution in [0.15, 0.2) is 85.7 Å². The van der Waals surface area contributed by atoms with E-state index in [1.165, 1.54) is 25.8 Å². The van der Waals surface area contributed by atoms with Crippen molar-refractivity contribution in [1.29, 1.82) is 0 Å². The van der Waals surface area contributed by atoms with Gasteiger partial charge in [0.15, 0.2) is 5.78 Å². The lowest BCUT2D eigenvalue weighted by Gasteiger charge is -2.25. The Morgan fingerprint density at radius 2 is 0.983 bits per heavy atom. The summed E-state index contributed by atoms with van der Waals surface area (Å²) in [4.78, 5) is 87.5. The van der Waals surface area contributed by atoms with E-state index < -0.39 is 65.3 Å². The van der Waals surface area contributed by atoms with Crippen LogP contribution < -0.4 is 21.3 Å². The molecule has 0 spiro atoms. The Bertz CT molecular complexity index is 1800. The molecule has 60 heavy (non-hydrogen) atoms. The first-order chi connectivity index (χ1) is 28.3. The van der Waals surface area contributed by atoms with Gasteiger partial charge in [0.05, 0.1) is 18.7 Å². The van der Waals surface area contributed by atoms with Gasteiger partial charge in [-0.05, 0) is 85.3 Å². The van der Waals surface area contributed by atoms with Gasteiger partial charge < -0.3 is 45.8 Å². The highest BCUT2D eigenvalue weighted by Crippen LogP contribution is 2.12. The molecule has 4 atom stereocenters. The topological polar surface area (TPSA) is 247 Å². The number of hydrogen-bond acceptors (Lipinski definition) is 10. The standard InChI is InChI=1S/C22H30N4O4.C21H28N4O5/c1-15(27)19(12-17-13-23-14-24-17)25-20(28)18(26-21(29)30-22(2,3)4)11-10-16-8-6-5-7-9-16;1-21(2,3)30-20(29)25-16(10-9-14-7-5-4-6-8-14)18(26)24-17(19(27)28)11-15-12-22-13-23-15/h5-9,13-14,18-19H,10-12H2,1-4H3,(H,23,24)(H,25,28)(H,26,29);4-8,12-13,16-17H,9-11H2,1-3H3,(H,22,23)(H,24,26)(H,25,29)(H,27,28)/t18-,19+;16-,17+/m11/s1. The normalized spacial score (nSPS) is 13.2. The molecular weight excluding hydrogens is 773 g/mol. The van der Waals surface area contributed by atoms with Crippen molar-refractivity contribution < 1.29 is 43.3 Å². The van der Waals surface area contributed by atoms with Gasteiger partial charge >= 0.3 is 18.2 Å². The zero-order chi connectivity index (χ0) is 44.3. The molecule has 4 rings (SSSR count). The van der Waals surface area contributed by atoms with Crippen molar-refractivity contribution in [3.8, 4) is 0 Å². The van der Waals surface area contributed by atoms with Gasteiger partial charge in [0.25, 0.3) is 0 Å². The number of benzene rings is 2. The highest BCUT2D eigenvalue weighted by molar-refractivity contribution is 5.91. The average Bonchev–Trinajstić information content (AvgIpc) is 3.89. The van der Waals surface area contributed by atoms with E-state index in [4.69, 9.17) is 9.47 Å². The molecule has 0 aliphatic heterocycles. The fourth-order valence-corrected chi connectivity index (χ4v) is 5.62. The van der Waals surface area contributed by atoms with E-state index >= 15 is 0 Å². The third-order valence-electron chi connectivity index (χ3n) is 8.52. The number of aromatic nitrogens is 4. The van der Waals surface area contributed by atoms with Gasteiger partial charge in [-0.15, -0.1) is 0 Å². The third-order valence-corrected chi connectivity index (χ3v) is 8.52. The van der Waals surface area contributed by atoms with E-state index in [1.807, 2.05) is 60.7 Å². The predicted octanol–water partition coefficient (Wildman–Crippen LogP) is 4.60. The molecule has 0 aliphatic rings. The maximum absolute atomic E-state index is 12.9. The number of carbonyl (C=O) groups is 6. The summed E-state index contributed by atoms with van der Waals surface area (Å²) < 4.78 is 10.5. The summed E-state index contributed by atoms with van der Waals surface area (Å²) in [6.45, 7) is 11.8. The molecular formula is C43H58N8O9. The molecule has 4 aromatic rings. The van der Waals surface area contributed by atoms with E-state index in [2.05, 4.69) is 41.2 Å². The highest BCUT2D eigenvalue weighted by atomic mass is 16.6. The lowest BCUT2D eigenvalue weighted by atomic mass is 10.0. The maximum Gasteiger partial charge on any atom is 0.408 e. The molecule has 17 nitrogen and oxygen atoms in total. The molecule has 0 aliphatic carbocycles. The molecule has 2 aromatic heterocycles. The first-order valence-corrected chi connectivity index (χ1v) is 19.6. The van der Waals surface area contributed by atoms with Crippen molar-refractivity contribution in [2.24, 2.45) is 0 Å². The van der Waals surface area contributed by atoms with Crippen LogP contribution in [0.2, 0.25) is 0 Å². The first kappa shape index (κ1) is 47.9. The molecule has 7 N–H and O–H groups in total. The van der Waals surface area contributed by atoms with Gasteiger partial charge in [-0.1, -0.05) is 60.7 Å². The summed E-state index contributed by atoms with van der Waals surface area (Å²) in [5, 5.41) is 19.9. The number of ketones is 1. The maximum atomic E-state index is 12.9. The number of H-pyrrole nitrogens is 2. The van der Waals surface area contributed by atoms with Crippen LogP contribution in [0.5, 0.6) is 0 Å². The van der Waals surface area contributed by atoms with E-state index in [0.29, 0.717) is 31.4 Å². The number of aliphatic carboxylic acids is 1. The Balaban J connectivity index is 0.000000320. The fraction of sp³-hybridized carbons (Fsp3) is 0.442. The zero-order valence-corrected chi connectivity index (χ0v) is 35.2. The predicted molar refractivity (Wildman–Crippen MR) is 223 cm³/mol. The van der Waals surface area contributed by atoms with E-state index in [0.717, 1.165) is 16.8 Å². The van der Waals surface area contributed by atoms with Crippen molar-refractivity contribution in [3.05, 3.63) is 108 Å². The lowest BCUT2D eigenvalue weighted by molar-refractivity contribution is -0.142. The largest absolute Gasteiger partial charge is 0.480 e. The minimum atomic E-state index is -1.18. The van der Waals surface area contributed by atoms with Crippen molar-refractivity contribution in [2.45, 2.75) is 122 Å². The van der Waals surface area contributed by atoms with Crippen molar-refractivity contribution in [2.75, 3.05) is 0 Å². The van der Waals surface area contributed by atoms with Gasteiger partial charge in [0, 0.05) is 36.6 Å². The molecule has 0 saturated carbocycles. The second-order valence-electron chi connectivity index (χ2n) is 16.1. The molecule has 17 heteroatoms. The molecule has 0 unspecified atom stereocenters. The van der Waals surface area contributed by atoms with Gasteiger partial charge in [-0.2, -0.15) is 0 Å². The smallest absolute Gasteiger partial charge is 0.408 e. The van der Waals surface area contributed by atoms with Crippen LogP contribution in [0.25, 0.3) is 0 Å². The van der Waals surface area contributed by atoms with Crippen molar-refractivity contribution >= 4 is 35.8 Å². The Morgan fingerprint density at radius 3 is 1.32 bits per heavy atom. The number of nitrogens with one attached hydrogen (secondary N) is 6. The van der Waals surface area contributed by atoms with Crippen LogP contribution in [0.1, 0.15) is 83.8 Å². The SMILES string of the molecule is CC(=O)[C@H](Cc1cnc[nH]1)NC(=O)[C@@H](CCc1ccccc1)NC(=O)OC(C)(C)C.CC(C)(C)OC(=O)N[C@H](CCc1ccccc1)C(=O)N[C@@H](Cc1cnc[nH]1)C(=O)O. The van der Waals surface area contributed by atoms with E-state index in [-0.39, 0.29) is 18.6 Å². The number of hydrogen-bond donors (Lipinski definition) is 7. The summed E-state index contributed by atoms with van der Waals surface area (Å²) >= 11 is 0. The van der Waals surface area contributed by atoms with Crippen LogP contribution in [0, 0.1) is 0 Å². The minimum absolute atomic E-state index is 0.0406. The van der Waals surface area contributed by atoms with Gasteiger partial charge in [-0.25, -0.2) is 24.4 Å². The number of carboxylic acid groups (broad SMARTS) is 1. The number of alkyl carbamates (subject to hydrolysis) is 2. The molecule has 2 heterocycles. The van der Waals surface area contributed by atoms with Crippen LogP contribution in [0.3, 0.4) is 0 Å². The van der Waals surface area contributed by atoms with Crippen LogP contribution >= 0.6 is 0 Å². The number of carboxylic acids is 1. The van der Waals surface area contributed by atoms with Crippen molar-refractivity contribution in [3.63, 3.8) is 0 Å². The van der Waals surface area contributed by atoms with Crippen LogP contribution in [0.4, 0.5) is 9.59 Å². The Morgan fingerprint density at radius 1 is 0.600 bits per heavy atom. The van der Waals surface area contributed by atoms with Gasteiger partial charge in [-0.3, -0.25) is 14.4 Å². The summed E-state index contributed by atoms with van der Waals surface area (Å²) in [5.41, 5.74) is 1.93. The molecule has 4 amide bonds. The first-order valence-electron chi connectivity index (χ1n) is 19.6. The summed E-state index contributed by atoms with van der Waals surface area (Å²) in [6.07, 6.45) is 6.71. The average molecular weight is 831 g/mol. The Hall–Kier alpha value is -6.52. The lowest BCUT2D eigenvalue weighted by Crippen LogP contribution is -2.53. The molecule has 2 aromatic carbocycles. The molecule has 0 fully saturated rings. The Kier molecular flexibility index (Phi) is 18.5. The van der Waals surface area contributed by atoms with Gasteiger partial charge in [0.2, 0.25) is 11.8 Å². The number of carbonyl (C=O) groups excluding carboxylic acids is 5. The van der Waals surface area contributed by atoms with Crippen LogP contribution in [-0.2, 0) is 54.3 Å². The highest BCUT2D eigenvalue weighted by Gasteiger charge is 2.30. The van der Waals surface area contributed by atoms with Crippen LogP contribution in [-0.4, -0.2) is 96.2 Å². The summed E-state index contributed by atoms with van der Waals surface area (Å²) in [5.74, 6) is -2.39. The number of ether oxygens (including phenoxy) is 2. The monoisotopic (exact) mass is 830 g/mol. The fourth-order valence-electron chi connectivity index (χ4n) is 5.62. The van der Waals surface area contributed by atoms with E-state index in [9.17, 15) is 33.9 Å². The second-order valence-corrected chi connectivity index (χ2v) is 16.1. The Labute approximate surface area is 350 Å². The number of amides is 4. The number of rotatable bonds is 18. The molecule has 324 valence electrons. The zero-order valence-electron chi connectivity index (χ0n) is 35.2. The molecule has 0 radical (unpaired) electrons. The second kappa shape index (κ2) is 23.2. The van der Waals surface area contributed by atoms with Crippen molar-refractivity contribution in [1.82, 2.24) is 41.2 Å². The molecule has 0 bridgehead atoms. The number of Topliss-reactive ketones (excluding diaryl/α,β-unsaturated/α-hetero) is 1. The minimum Gasteiger partial charge on any atom is -0.480 e. The number of aryl methyl sites for hydroxylation is 2. The number of aromatic amines is 2. The van der Waals surface area contributed by atoms with Gasteiger partial charge in [0.1, 0.15) is 29.3 Å². The van der Waals surface area contributed by atoms with E-state index in [1.54, 1.807) is 47.7 Å².